The molecule has 28 heavy (non-hydrogen) atoms. The molecule has 0 aliphatic carbocycles. The minimum Gasteiger partial charge on any atom is -0.435 e. The summed E-state index contributed by atoms with van der Waals surface area (Å²) in [6.45, 7) is -1.22. The van der Waals surface area contributed by atoms with Gasteiger partial charge in [-0.15, -0.1) is 0 Å². The van der Waals surface area contributed by atoms with Crippen LogP contribution in [0, 0.1) is 0 Å². The molecule has 0 spiro atoms. The van der Waals surface area contributed by atoms with Crippen LogP contribution in [0.15, 0.2) is 48.5 Å². The molecular formula is C20H18F2N2O4. The van der Waals surface area contributed by atoms with Gasteiger partial charge in [-0.25, -0.2) is 0 Å². The topological polar surface area (TPSA) is 66.9 Å². The van der Waals surface area contributed by atoms with E-state index < -0.39 is 30.4 Å². The van der Waals surface area contributed by atoms with Crippen LogP contribution < -0.4 is 4.74 Å². The molecule has 0 N–H and O–H groups in total. The van der Waals surface area contributed by atoms with Gasteiger partial charge in [-0.3, -0.25) is 19.3 Å². The third-order valence-corrected chi connectivity index (χ3v) is 4.51. The number of halogens is 2. The van der Waals surface area contributed by atoms with Crippen LogP contribution in [0.2, 0.25) is 0 Å². The average molecular weight is 388 g/mol. The van der Waals surface area contributed by atoms with Gasteiger partial charge in [0.1, 0.15) is 11.8 Å². The van der Waals surface area contributed by atoms with Crippen LogP contribution in [0.4, 0.5) is 8.78 Å². The molecule has 0 bridgehead atoms. The number of ether oxygens (including phenoxy) is 1. The van der Waals surface area contributed by atoms with Gasteiger partial charge in [-0.05, 0) is 36.8 Å². The van der Waals surface area contributed by atoms with Gasteiger partial charge in [0.2, 0.25) is 5.91 Å². The maximum Gasteiger partial charge on any atom is 0.387 e. The van der Waals surface area contributed by atoms with E-state index in [1.807, 2.05) is 0 Å². The zero-order valence-corrected chi connectivity index (χ0v) is 15.3. The second-order valence-electron chi connectivity index (χ2n) is 6.42. The van der Waals surface area contributed by atoms with E-state index in [1.165, 1.54) is 24.0 Å². The van der Waals surface area contributed by atoms with Gasteiger partial charge in [0.25, 0.3) is 11.8 Å². The second kappa shape index (κ2) is 7.75. The maximum atomic E-state index is 12.7. The van der Waals surface area contributed by atoms with Gasteiger partial charge < -0.3 is 9.64 Å². The summed E-state index contributed by atoms with van der Waals surface area (Å²) < 4.78 is 28.7. The first kappa shape index (κ1) is 19.5. The Morgan fingerprint density at radius 3 is 2.07 bits per heavy atom. The van der Waals surface area contributed by atoms with Gasteiger partial charge >= 0.3 is 6.61 Å². The lowest BCUT2D eigenvalue weighted by Crippen LogP contribution is -2.48. The minimum absolute atomic E-state index is 0.0205. The van der Waals surface area contributed by atoms with Crippen LogP contribution in [0.25, 0.3) is 0 Å². The summed E-state index contributed by atoms with van der Waals surface area (Å²) in [5.41, 5.74) is 1.25. The predicted molar refractivity (Wildman–Crippen MR) is 96.0 cm³/mol. The van der Waals surface area contributed by atoms with E-state index >= 15 is 0 Å². The van der Waals surface area contributed by atoms with Crippen molar-refractivity contribution < 1.29 is 27.9 Å². The fourth-order valence-electron chi connectivity index (χ4n) is 3.12. The van der Waals surface area contributed by atoms with Crippen LogP contribution in [0.3, 0.4) is 0 Å². The number of hydrogen-bond donors (Lipinski definition) is 0. The number of imide groups is 1. The van der Waals surface area contributed by atoms with E-state index in [-0.39, 0.29) is 23.4 Å². The van der Waals surface area contributed by atoms with Crippen molar-refractivity contribution in [2.24, 2.45) is 0 Å². The Morgan fingerprint density at radius 1 is 1.04 bits per heavy atom. The monoisotopic (exact) mass is 388 g/mol. The number of fused-ring (bicyclic) bond motifs is 1. The molecule has 0 aromatic heterocycles. The van der Waals surface area contributed by atoms with Crippen LogP contribution >= 0.6 is 0 Å². The molecule has 6 nitrogen and oxygen atoms in total. The molecule has 1 unspecified atom stereocenters. The smallest absolute Gasteiger partial charge is 0.387 e. The van der Waals surface area contributed by atoms with Crippen molar-refractivity contribution in [3.05, 3.63) is 65.2 Å². The number of carbonyl (C=O) groups is 3. The Labute approximate surface area is 160 Å². The van der Waals surface area contributed by atoms with Gasteiger partial charge in [-0.1, -0.05) is 24.3 Å². The fourth-order valence-corrected chi connectivity index (χ4v) is 3.12. The van der Waals surface area contributed by atoms with Crippen molar-refractivity contribution in [2.75, 3.05) is 7.05 Å². The standard InChI is InChI=1S/C20H18F2N2O4/c1-12(24-18(26)15-5-3-4-6-16(15)19(24)27)17(25)23(2)11-13-7-9-14(10-8-13)28-20(21)22/h3-10,12,20H,11H2,1-2H3. The van der Waals surface area contributed by atoms with Gasteiger partial charge in [0, 0.05) is 13.6 Å². The first-order chi connectivity index (χ1) is 13.3. The first-order valence-electron chi connectivity index (χ1n) is 8.55. The summed E-state index contributed by atoms with van der Waals surface area (Å²) in [6.07, 6.45) is 0. The van der Waals surface area contributed by atoms with E-state index in [9.17, 15) is 23.2 Å². The summed E-state index contributed by atoms with van der Waals surface area (Å²) in [4.78, 5) is 40.1. The molecule has 3 amide bonds. The second-order valence-corrected chi connectivity index (χ2v) is 6.42. The summed E-state index contributed by atoms with van der Waals surface area (Å²) in [5, 5.41) is 0. The molecule has 0 saturated heterocycles. The molecule has 0 saturated carbocycles. The Balaban J connectivity index is 1.68. The number of nitrogens with zero attached hydrogens (tertiary/aromatic N) is 2. The quantitative estimate of drug-likeness (QED) is 0.714. The van der Waals surface area contributed by atoms with E-state index in [2.05, 4.69) is 4.74 Å². The molecule has 1 heterocycles. The summed E-state index contributed by atoms with van der Waals surface area (Å²) in [5.74, 6) is -1.39. The van der Waals surface area contributed by atoms with E-state index in [4.69, 9.17) is 0 Å². The maximum absolute atomic E-state index is 12.7. The van der Waals surface area contributed by atoms with Crippen LogP contribution in [0.5, 0.6) is 5.75 Å². The van der Waals surface area contributed by atoms with E-state index in [0.717, 1.165) is 4.90 Å². The zero-order valence-electron chi connectivity index (χ0n) is 15.3. The first-order valence-corrected chi connectivity index (χ1v) is 8.55. The van der Waals surface area contributed by atoms with Gasteiger partial charge in [0.05, 0.1) is 11.1 Å². The highest BCUT2D eigenvalue weighted by Crippen LogP contribution is 2.25. The number of benzene rings is 2. The largest absolute Gasteiger partial charge is 0.435 e. The number of amides is 3. The number of alkyl halides is 2. The predicted octanol–water partition coefficient (Wildman–Crippen LogP) is 2.93. The van der Waals surface area contributed by atoms with E-state index in [1.54, 1.807) is 43.4 Å². The Kier molecular flexibility index (Phi) is 5.39. The molecule has 3 rings (SSSR count). The molecule has 1 aliphatic heterocycles. The number of carbonyl (C=O) groups excluding carboxylic acids is 3. The molecule has 146 valence electrons. The number of rotatable bonds is 6. The highest BCUT2D eigenvalue weighted by Gasteiger charge is 2.41. The van der Waals surface area contributed by atoms with Crippen molar-refractivity contribution in [3.63, 3.8) is 0 Å². The van der Waals surface area contributed by atoms with Crippen molar-refractivity contribution in [3.8, 4) is 5.75 Å². The fraction of sp³-hybridized carbons (Fsp3) is 0.250. The van der Waals surface area contributed by atoms with Crippen LogP contribution in [-0.2, 0) is 11.3 Å². The molecule has 2 aromatic rings. The molecule has 1 aliphatic rings. The third kappa shape index (κ3) is 3.71. The highest BCUT2D eigenvalue weighted by molar-refractivity contribution is 6.22. The number of hydrogen-bond acceptors (Lipinski definition) is 4. The van der Waals surface area contributed by atoms with Crippen molar-refractivity contribution in [2.45, 2.75) is 26.1 Å². The molecule has 1 atom stereocenters. The Morgan fingerprint density at radius 2 is 1.57 bits per heavy atom. The van der Waals surface area contributed by atoms with Gasteiger partial charge in [0.15, 0.2) is 0 Å². The van der Waals surface area contributed by atoms with Crippen LogP contribution in [-0.4, -0.2) is 47.2 Å². The SMILES string of the molecule is CC(C(=O)N(C)Cc1ccc(OC(F)F)cc1)N1C(=O)c2ccccc2C1=O. The number of likely N-dealkylation sites (N-methyl/N-ethyl adjacent to an activating group) is 1. The Hall–Kier alpha value is -3.29. The van der Waals surface area contributed by atoms with Gasteiger partial charge in [-0.2, -0.15) is 8.78 Å². The lowest BCUT2D eigenvalue weighted by molar-refractivity contribution is -0.134. The van der Waals surface area contributed by atoms with Crippen molar-refractivity contribution in [1.29, 1.82) is 0 Å². The van der Waals surface area contributed by atoms with Crippen molar-refractivity contribution >= 4 is 17.7 Å². The summed E-state index contributed by atoms with van der Waals surface area (Å²) in [7, 11) is 1.54. The summed E-state index contributed by atoms with van der Waals surface area (Å²) >= 11 is 0. The molecule has 0 fully saturated rings. The van der Waals surface area contributed by atoms with Crippen molar-refractivity contribution in [1.82, 2.24) is 9.80 Å². The average Bonchev–Trinajstić information content (AvgIpc) is 2.92. The lowest BCUT2D eigenvalue weighted by atomic mass is 10.1. The highest BCUT2D eigenvalue weighted by atomic mass is 19.3. The molecular weight excluding hydrogens is 370 g/mol. The van der Waals surface area contributed by atoms with E-state index in [0.29, 0.717) is 5.56 Å². The zero-order chi connectivity index (χ0) is 20.4. The lowest BCUT2D eigenvalue weighted by Gasteiger charge is -2.26. The summed E-state index contributed by atoms with van der Waals surface area (Å²) in [6, 6.07) is 11.3. The third-order valence-electron chi connectivity index (χ3n) is 4.51. The molecule has 8 heteroatoms. The minimum atomic E-state index is -2.91. The molecule has 0 radical (unpaired) electrons. The normalized spacial score (nSPS) is 14.2. The Bertz CT molecular complexity index is 880. The van der Waals surface area contributed by atoms with Crippen LogP contribution in [0.1, 0.15) is 33.2 Å². The molecule has 2 aromatic carbocycles.